The second kappa shape index (κ2) is 7.00. The molecule has 1 aromatic carbocycles. The third-order valence-corrected chi connectivity index (χ3v) is 3.52. The van der Waals surface area contributed by atoms with Crippen LogP contribution in [0.15, 0.2) is 24.3 Å². The van der Waals surface area contributed by atoms with Gasteiger partial charge in [0.1, 0.15) is 5.82 Å². The second-order valence-electron chi connectivity index (χ2n) is 4.45. The summed E-state index contributed by atoms with van der Waals surface area (Å²) < 4.78 is 4.26. The second-order valence-corrected chi connectivity index (χ2v) is 5.20. The normalized spacial score (nSPS) is 10.4. The molecular formula is C14H17N3O2S. The molecule has 2 rings (SSSR count). The van der Waals surface area contributed by atoms with Crippen molar-refractivity contribution in [1.29, 1.82) is 0 Å². The molecule has 0 saturated heterocycles. The van der Waals surface area contributed by atoms with E-state index in [-0.39, 0.29) is 0 Å². The van der Waals surface area contributed by atoms with Crippen LogP contribution in [0.4, 0.5) is 5.13 Å². The SMILES string of the molecule is CCCc1nsc(NCCc2cccc(C(=O)O)c2)n1. The van der Waals surface area contributed by atoms with Crippen molar-refractivity contribution < 1.29 is 9.90 Å². The molecule has 0 aliphatic carbocycles. The number of carboxylic acids is 1. The van der Waals surface area contributed by atoms with Crippen LogP contribution in [0, 0.1) is 0 Å². The lowest BCUT2D eigenvalue weighted by atomic mass is 10.1. The number of carboxylic acid groups (broad SMARTS) is 1. The van der Waals surface area contributed by atoms with Gasteiger partial charge in [0.25, 0.3) is 0 Å². The van der Waals surface area contributed by atoms with Crippen LogP contribution >= 0.6 is 11.5 Å². The van der Waals surface area contributed by atoms with Gasteiger partial charge in [-0.2, -0.15) is 4.37 Å². The molecule has 0 saturated carbocycles. The van der Waals surface area contributed by atoms with Crippen LogP contribution in [-0.4, -0.2) is 27.0 Å². The Hall–Kier alpha value is -1.95. The van der Waals surface area contributed by atoms with Gasteiger partial charge in [0.2, 0.25) is 5.13 Å². The van der Waals surface area contributed by atoms with Crippen molar-refractivity contribution >= 4 is 22.6 Å². The minimum absolute atomic E-state index is 0.323. The number of benzene rings is 1. The molecule has 0 radical (unpaired) electrons. The molecule has 0 unspecified atom stereocenters. The zero-order valence-corrected chi connectivity index (χ0v) is 12.1. The Morgan fingerprint density at radius 2 is 2.25 bits per heavy atom. The summed E-state index contributed by atoms with van der Waals surface area (Å²) in [4.78, 5) is 15.3. The lowest BCUT2D eigenvalue weighted by Gasteiger charge is -2.03. The first-order chi connectivity index (χ1) is 9.69. The summed E-state index contributed by atoms with van der Waals surface area (Å²) in [5.74, 6) is -0.0129. The van der Waals surface area contributed by atoms with Gasteiger partial charge in [-0.25, -0.2) is 9.78 Å². The molecule has 1 heterocycles. The van der Waals surface area contributed by atoms with Gasteiger partial charge in [-0.1, -0.05) is 19.1 Å². The van der Waals surface area contributed by atoms with Gasteiger partial charge >= 0.3 is 5.97 Å². The number of hydrogen-bond acceptors (Lipinski definition) is 5. The van der Waals surface area contributed by atoms with E-state index >= 15 is 0 Å². The molecule has 6 heteroatoms. The Kier molecular flexibility index (Phi) is 5.06. The van der Waals surface area contributed by atoms with Crippen LogP contribution in [0.2, 0.25) is 0 Å². The molecule has 5 nitrogen and oxygen atoms in total. The number of carbonyl (C=O) groups is 1. The molecule has 2 aromatic rings. The summed E-state index contributed by atoms with van der Waals surface area (Å²) in [6, 6.07) is 6.99. The summed E-state index contributed by atoms with van der Waals surface area (Å²) in [7, 11) is 0. The van der Waals surface area contributed by atoms with Crippen molar-refractivity contribution in [3.05, 3.63) is 41.2 Å². The zero-order chi connectivity index (χ0) is 14.4. The average Bonchev–Trinajstić information content (AvgIpc) is 2.87. The Labute approximate surface area is 121 Å². The maximum Gasteiger partial charge on any atom is 0.335 e. The monoisotopic (exact) mass is 291 g/mol. The van der Waals surface area contributed by atoms with E-state index in [0.29, 0.717) is 12.1 Å². The summed E-state index contributed by atoms with van der Waals surface area (Å²) in [5.41, 5.74) is 1.32. The summed E-state index contributed by atoms with van der Waals surface area (Å²) >= 11 is 1.37. The molecule has 2 N–H and O–H groups in total. The maximum absolute atomic E-state index is 10.9. The molecular weight excluding hydrogens is 274 g/mol. The van der Waals surface area contributed by atoms with Crippen molar-refractivity contribution in [1.82, 2.24) is 9.36 Å². The van der Waals surface area contributed by atoms with Crippen LogP contribution in [0.25, 0.3) is 0 Å². The summed E-state index contributed by atoms with van der Waals surface area (Å²) in [6.07, 6.45) is 2.70. The van der Waals surface area contributed by atoms with E-state index in [1.807, 2.05) is 6.07 Å². The summed E-state index contributed by atoms with van der Waals surface area (Å²) in [5, 5.41) is 13.0. The van der Waals surface area contributed by atoms with Gasteiger partial charge in [0.15, 0.2) is 0 Å². The fourth-order valence-corrected chi connectivity index (χ4v) is 2.46. The Morgan fingerprint density at radius 3 is 3.00 bits per heavy atom. The van der Waals surface area contributed by atoms with Gasteiger partial charge in [0, 0.05) is 24.5 Å². The third kappa shape index (κ3) is 4.03. The van der Waals surface area contributed by atoms with E-state index in [2.05, 4.69) is 21.6 Å². The van der Waals surface area contributed by atoms with Gasteiger partial charge in [-0.05, 0) is 30.5 Å². The lowest BCUT2D eigenvalue weighted by molar-refractivity contribution is 0.0697. The van der Waals surface area contributed by atoms with E-state index in [4.69, 9.17) is 5.11 Å². The predicted molar refractivity (Wildman–Crippen MR) is 79.5 cm³/mol. The highest BCUT2D eigenvalue weighted by Crippen LogP contribution is 2.12. The van der Waals surface area contributed by atoms with Crippen molar-refractivity contribution in [3.63, 3.8) is 0 Å². The van der Waals surface area contributed by atoms with Crippen molar-refractivity contribution in [2.24, 2.45) is 0 Å². The van der Waals surface area contributed by atoms with Crippen molar-refractivity contribution in [2.75, 3.05) is 11.9 Å². The predicted octanol–water partition coefficient (Wildman–Crippen LogP) is 2.84. The fraction of sp³-hybridized carbons (Fsp3) is 0.357. The molecule has 1 aromatic heterocycles. The molecule has 0 bridgehead atoms. The average molecular weight is 291 g/mol. The van der Waals surface area contributed by atoms with Crippen LogP contribution in [-0.2, 0) is 12.8 Å². The molecule has 0 spiro atoms. The van der Waals surface area contributed by atoms with E-state index in [0.717, 1.165) is 35.8 Å². The molecule has 0 atom stereocenters. The lowest BCUT2D eigenvalue weighted by Crippen LogP contribution is -2.05. The summed E-state index contributed by atoms with van der Waals surface area (Å²) in [6.45, 7) is 2.81. The quantitative estimate of drug-likeness (QED) is 0.820. The fourth-order valence-electron chi connectivity index (χ4n) is 1.82. The van der Waals surface area contributed by atoms with Gasteiger partial charge in [-0.3, -0.25) is 0 Å². The van der Waals surface area contributed by atoms with E-state index < -0.39 is 5.97 Å². The van der Waals surface area contributed by atoms with Crippen LogP contribution in [0.3, 0.4) is 0 Å². The van der Waals surface area contributed by atoms with Gasteiger partial charge in [-0.15, -0.1) is 0 Å². The molecule has 0 fully saturated rings. The maximum atomic E-state index is 10.9. The Morgan fingerprint density at radius 1 is 1.40 bits per heavy atom. The molecule has 0 amide bonds. The number of anilines is 1. The van der Waals surface area contributed by atoms with E-state index in [1.54, 1.807) is 18.2 Å². The first kappa shape index (κ1) is 14.5. The topological polar surface area (TPSA) is 75.1 Å². The number of hydrogen-bond donors (Lipinski definition) is 2. The number of nitrogens with one attached hydrogen (secondary N) is 1. The van der Waals surface area contributed by atoms with E-state index in [9.17, 15) is 4.79 Å². The van der Waals surface area contributed by atoms with Crippen molar-refractivity contribution in [2.45, 2.75) is 26.2 Å². The van der Waals surface area contributed by atoms with Crippen LogP contribution in [0.1, 0.15) is 35.1 Å². The largest absolute Gasteiger partial charge is 0.478 e. The highest BCUT2D eigenvalue weighted by atomic mass is 32.1. The smallest absolute Gasteiger partial charge is 0.335 e. The standard InChI is InChI=1S/C14H17N3O2S/c1-2-4-12-16-14(20-17-12)15-8-7-10-5-3-6-11(9-10)13(18)19/h3,5-6,9H,2,4,7-8H2,1H3,(H,18,19)(H,15,16,17). The minimum atomic E-state index is -0.895. The Balaban J connectivity index is 1.85. The molecule has 20 heavy (non-hydrogen) atoms. The number of nitrogens with zero attached hydrogens (tertiary/aromatic N) is 2. The third-order valence-electron chi connectivity index (χ3n) is 2.81. The first-order valence-corrected chi connectivity index (χ1v) is 7.35. The number of aryl methyl sites for hydroxylation is 1. The number of aromatic nitrogens is 2. The number of rotatable bonds is 7. The number of aromatic carboxylic acids is 1. The minimum Gasteiger partial charge on any atom is -0.478 e. The van der Waals surface area contributed by atoms with Crippen molar-refractivity contribution in [3.8, 4) is 0 Å². The first-order valence-electron chi connectivity index (χ1n) is 6.57. The Bertz CT molecular complexity index is 583. The van der Waals surface area contributed by atoms with Gasteiger partial charge in [0.05, 0.1) is 5.56 Å². The zero-order valence-electron chi connectivity index (χ0n) is 11.3. The van der Waals surface area contributed by atoms with Crippen LogP contribution in [0.5, 0.6) is 0 Å². The van der Waals surface area contributed by atoms with Gasteiger partial charge < -0.3 is 10.4 Å². The van der Waals surface area contributed by atoms with Crippen LogP contribution < -0.4 is 5.32 Å². The molecule has 0 aliphatic heterocycles. The highest BCUT2D eigenvalue weighted by Gasteiger charge is 2.04. The molecule has 0 aliphatic rings. The highest BCUT2D eigenvalue weighted by molar-refractivity contribution is 7.09. The molecule has 106 valence electrons. The van der Waals surface area contributed by atoms with E-state index in [1.165, 1.54) is 11.5 Å².